The van der Waals surface area contributed by atoms with Gasteiger partial charge in [0.25, 0.3) is 0 Å². The van der Waals surface area contributed by atoms with Crippen molar-refractivity contribution >= 4 is 11.9 Å². The molecule has 1 atom stereocenters. The van der Waals surface area contributed by atoms with E-state index in [0.717, 1.165) is 7.11 Å². The molecule has 0 fully saturated rings. The van der Waals surface area contributed by atoms with E-state index in [0.29, 0.717) is 6.42 Å². The number of nitrogens with zero attached hydrogens (tertiary/aromatic N) is 2. The Kier molecular flexibility index (Phi) is 5.70. The molecule has 0 saturated heterocycles. The lowest BCUT2D eigenvalue weighted by Crippen LogP contribution is -2.33. The summed E-state index contributed by atoms with van der Waals surface area (Å²) in [5, 5.41) is 17.7. The van der Waals surface area contributed by atoms with Crippen LogP contribution in [0.2, 0.25) is 0 Å². The Morgan fingerprint density at radius 1 is 1.35 bits per heavy atom. The molecule has 0 aromatic rings. The SMILES string of the molecule is CCC(C)OC(=O)CC(C#N)(C#N)C(=O)OC. The van der Waals surface area contributed by atoms with E-state index >= 15 is 0 Å². The number of nitriles is 2. The zero-order valence-corrected chi connectivity index (χ0v) is 10.0. The van der Waals surface area contributed by atoms with Gasteiger partial charge in [-0.1, -0.05) is 6.92 Å². The first-order valence-corrected chi connectivity index (χ1v) is 5.06. The summed E-state index contributed by atoms with van der Waals surface area (Å²) in [5.41, 5.74) is -2.13. The van der Waals surface area contributed by atoms with Gasteiger partial charge in [-0.25, -0.2) is 4.79 Å². The van der Waals surface area contributed by atoms with Crippen LogP contribution in [0.15, 0.2) is 0 Å². The molecule has 0 saturated carbocycles. The Morgan fingerprint density at radius 3 is 2.24 bits per heavy atom. The highest BCUT2D eigenvalue weighted by molar-refractivity contribution is 5.88. The highest BCUT2D eigenvalue weighted by atomic mass is 16.5. The molecule has 1 unspecified atom stereocenters. The lowest BCUT2D eigenvalue weighted by atomic mass is 9.88. The van der Waals surface area contributed by atoms with Gasteiger partial charge in [0.05, 0.1) is 31.8 Å². The first-order valence-electron chi connectivity index (χ1n) is 5.06. The highest BCUT2D eigenvalue weighted by Gasteiger charge is 2.43. The summed E-state index contributed by atoms with van der Waals surface area (Å²) in [6, 6.07) is 3.00. The maximum Gasteiger partial charge on any atom is 0.341 e. The van der Waals surface area contributed by atoms with Crippen molar-refractivity contribution in [3.05, 3.63) is 0 Å². The van der Waals surface area contributed by atoms with Gasteiger partial charge in [-0.05, 0) is 13.3 Å². The van der Waals surface area contributed by atoms with Gasteiger partial charge in [-0.2, -0.15) is 10.5 Å². The van der Waals surface area contributed by atoms with Crippen LogP contribution >= 0.6 is 0 Å². The molecule has 6 nitrogen and oxygen atoms in total. The average Bonchev–Trinajstić information content (AvgIpc) is 2.34. The number of carbonyl (C=O) groups excluding carboxylic acids is 2. The summed E-state index contributed by atoms with van der Waals surface area (Å²) in [4.78, 5) is 22.7. The van der Waals surface area contributed by atoms with Crippen LogP contribution in [0, 0.1) is 28.1 Å². The topological polar surface area (TPSA) is 100 Å². The molecular formula is C11H14N2O4. The van der Waals surface area contributed by atoms with Gasteiger partial charge >= 0.3 is 11.9 Å². The number of hydrogen-bond acceptors (Lipinski definition) is 6. The summed E-state index contributed by atoms with van der Waals surface area (Å²) < 4.78 is 9.24. The predicted octanol–water partition coefficient (Wildman–Crippen LogP) is 0.925. The number of methoxy groups -OCH3 is 1. The van der Waals surface area contributed by atoms with Crippen LogP contribution in [0.5, 0.6) is 0 Å². The number of rotatable bonds is 5. The van der Waals surface area contributed by atoms with Gasteiger partial charge in [-0.3, -0.25) is 4.79 Å². The fourth-order valence-electron chi connectivity index (χ4n) is 1.01. The van der Waals surface area contributed by atoms with Gasteiger partial charge < -0.3 is 9.47 Å². The van der Waals surface area contributed by atoms with Crippen molar-refractivity contribution in [3.63, 3.8) is 0 Å². The number of carbonyl (C=O) groups is 2. The third kappa shape index (κ3) is 3.76. The van der Waals surface area contributed by atoms with Gasteiger partial charge in [0, 0.05) is 0 Å². The first kappa shape index (κ1) is 14.9. The van der Waals surface area contributed by atoms with Crippen molar-refractivity contribution in [3.8, 4) is 12.1 Å². The molecule has 0 heterocycles. The average molecular weight is 238 g/mol. The van der Waals surface area contributed by atoms with Crippen molar-refractivity contribution in [2.45, 2.75) is 32.8 Å². The first-order chi connectivity index (χ1) is 7.95. The normalized spacial score (nSPS) is 11.8. The van der Waals surface area contributed by atoms with Crippen LogP contribution in [0.25, 0.3) is 0 Å². The predicted molar refractivity (Wildman–Crippen MR) is 56.1 cm³/mol. The molecule has 0 aromatic carbocycles. The second kappa shape index (κ2) is 6.49. The highest BCUT2D eigenvalue weighted by Crippen LogP contribution is 2.23. The molecule has 0 rings (SSSR count). The second-order valence-corrected chi connectivity index (χ2v) is 3.51. The van der Waals surface area contributed by atoms with E-state index in [2.05, 4.69) is 4.74 Å². The summed E-state index contributed by atoms with van der Waals surface area (Å²) in [6.07, 6.45) is -0.345. The molecule has 17 heavy (non-hydrogen) atoms. The maximum absolute atomic E-state index is 11.4. The molecule has 0 aliphatic rings. The van der Waals surface area contributed by atoms with Crippen LogP contribution < -0.4 is 0 Å². The van der Waals surface area contributed by atoms with E-state index < -0.39 is 23.8 Å². The van der Waals surface area contributed by atoms with E-state index in [1.54, 1.807) is 6.92 Å². The van der Waals surface area contributed by atoms with Crippen LogP contribution in [-0.4, -0.2) is 25.2 Å². The molecule has 0 aromatic heterocycles. The number of ether oxygens (including phenoxy) is 2. The molecule has 0 spiro atoms. The Morgan fingerprint density at radius 2 is 1.88 bits per heavy atom. The fraction of sp³-hybridized carbons (Fsp3) is 0.636. The quantitative estimate of drug-likeness (QED) is 0.660. The van der Waals surface area contributed by atoms with Crippen LogP contribution in [0.1, 0.15) is 26.7 Å². The number of hydrogen-bond donors (Lipinski definition) is 0. The summed E-state index contributed by atoms with van der Waals surface area (Å²) in [7, 11) is 1.05. The molecule has 6 heteroatoms. The standard InChI is InChI=1S/C11H14N2O4/c1-4-8(2)17-9(14)5-11(6-12,7-13)10(15)16-3/h8H,4-5H2,1-3H3. The molecule has 0 bridgehead atoms. The van der Waals surface area contributed by atoms with E-state index in [9.17, 15) is 9.59 Å². The third-order valence-electron chi connectivity index (χ3n) is 2.23. The van der Waals surface area contributed by atoms with E-state index in [-0.39, 0.29) is 6.10 Å². The maximum atomic E-state index is 11.4. The minimum absolute atomic E-state index is 0.324. The van der Waals surface area contributed by atoms with Gasteiger partial charge in [0.15, 0.2) is 0 Å². The Labute approximate surface area is 99.7 Å². The van der Waals surface area contributed by atoms with Gasteiger partial charge in [-0.15, -0.1) is 0 Å². The van der Waals surface area contributed by atoms with Crippen LogP contribution in [0.3, 0.4) is 0 Å². The van der Waals surface area contributed by atoms with Crippen LogP contribution in [-0.2, 0) is 19.1 Å². The molecule has 0 aliphatic carbocycles. The summed E-state index contributed by atoms with van der Waals surface area (Å²) >= 11 is 0. The zero-order chi connectivity index (χ0) is 13.5. The lowest BCUT2D eigenvalue weighted by molar-refractivity contribution is -0.157. The number of esters is 2. The van der Waals surface area contributed by atoms with Crippen molar-refractivity contribution < 1.29 is 19.1 Å². The van der Waals surface area contributed by atoms with Crippen molar-refractivity contribution in [2.24, 2.45) is 5.41 Å². The van der Waals surface area contributed by atoms with E-state index in [1.165, 1.54) is 12.1 Å². The molecule has 92 valence electrons. The molecular weight excluding hydrogens is 224 g/mol. The second-order valence-electron chi connectivity index (χ2n) is 3.51. The van der Waals surface area contributed by atoms with Gasteiger partial charge in [0.1, 0.15) is 0 Å². The summed E-state index contributed by atoms with van der Waals surface area (Å²) in [5.74, 6) is -1.82. The third-order valence-corrected chi connectivity index (χ3v) is 2.23. The Bertz CT molecular complexity index is 364. The van der Waals surface area contributed by atoms with Crippen molar-refractivity contribution in [1.29, 1.82) is 10.5 Å². The largest absolute Gasteiger partial charge is 0.467 e. The van der Waals surface area contributed by atoms with E-state index in [4.69, 9.17) is 15.3 Å². The Hall–Kier alpha value is -2.08. The minimum Gasteiger partial charge on any atom is -0.467 e. The van der Waals surface area contributed by atoms with Crippen molar-refractivity contribution in [1.82, 2.24) is 0 Å². The zero-order valence-electron chi connectivity index (χ0n) is 10.0. The van der Waals surface area contributed by atoms with E-state index in [1.807, 2.05) is 6.92 Å². The Balaban J connectivity index is 4.81. The van der Waals surface area contributed by atoms with Crippen LogP contribution in [0.4, 0.5) is 0 Å². The molecule has 0 amide bonds. The van der Waals surface area contributed by atoms with Crippen molar-refractivity contribution in [2.75, 3.05) is 7.11 Å². The molecule has 0 N–H and O–H groups in total. The smallest absolute Gasteiger partial charge is 0.341 e. The molecule has 0 aliphatic heterocycles. The lowest BCUT2D eigenvalue weighted by Gasteiger charge is -2.16. The fourth-order valence-corrected chi connectivity index (χ4v) is 1.01. The minimum atomic E-state index is -2.13. The molecule has 0 radical (unpaired) electrons. The van der Waals surface area contributed by atoms with Gasteiger partial charge in [0.2, 0.25) is 5.41 Å². The monoisotopic (exact) mass is 238 g/mol. The summed E-state index contributed by atoms with van der Waals surface area (Å²) in [6.45, 7) is 3.50.